The molecular formula is C16H28N6O. The van der Waals surface area contributed by atoms with Crippen LogP contribution in [0.2, 0.25) is 0 Å². The van der Waals surface area contributed by atoms with Crippen molar-refractivity contribution < 1.29 is 4.79 Å². The van der Waals surface area contributed by atoms with E-state index in [0.717, 1.165) is 63.6 Å². The van der Waals surface area contributed by atoms with Crippen LogP contribution in [0.3, 0.4) is 0 Å². The molecule has 23 heavy (non-hydrogen) atoms. The molecular weight excluding hydrogens is 292 g/mol. The average molecular weight is 320 g/mol. The van der Waals surface area contributed by atoms with Gasteiger partial charge in [-0.2, -0.15) is 0 Å². The van der Waals surface area contributed by atoms with E-state index in [1.807, 2.05) is 0 Å². The standard InChI is InChI=1S/C16H28N6O/c1-11(2)14(19-16(23)12-3-6-17-7-4-12)15-21-20-13-5-8-18-9-10-22(13)15/h11-12,14,17-18H,3-10H2,1-2H3,(H,19,23)/t14-/m0/s1. The van der Waals surface area contributed by atoms with E-state index in [1.165, 1.54) is 0 Å². The van der Waals surface area contributed by atoms with Crippen LogP contribution in [-0.2, 0) is 17.8 Å². The number of amides is 1. The Balaban J connectivity index is 1.76. The molecule has 128 valence electrons. The number of nitrogens with zero attached hydrogens (tertiary/aromatic N) is 3. The molecule has 7 nitrogen and oxygen atoms in total. The van der Waals surface area contributed by atoms with E-state index in [4.69, 9.17) is 0 Å². The van der Waals surface area contributed by atoms with E-state index >= 15 is 0 Å². The number of carbonyl (C=O) groups is 1. The highest BCUT2D eigenvalue weighted by Gasteiger charge is 2.29. The van der Waals surface area contributed by atoms with Gasteiger partial charge in [0.15, 0.2) is 5.82 Å². The molecule has 0 radical (unpaired) electrons. The van der Waals surface area contributed by atoms with Gasteiger partial charge in [0, 0.05) is 32.0 Å². The Morgan fingerprint density at radius 3 is 2.65 bits per heavy atom. The van der Waals surface area contributed by atoms with Gasteiger partial charge < -0.3 is 20.5 Å². The molecule has 1 fully saturated rings. The summed E-state index contributed by atoms with van der Waals surface area (Å²) >= 11 is 0. The normalized spacial score (nSPS) is 20.8. The van der Waals surface area contributed by atoms with Gasteiger partial charge >= 0.3 is 0 Å². The molecule has 3 heterocycles. The summed E-state index contributed by atoms with van der Waals surface area (Å²) in [5.74, 6) is 2.48. The SMILES string of the molecule is CC(C)[C@H](NC(=O)C1CCNCC1)c1nnc2n1CCNCC2. The summed E-state index contributed by atoms with van der Waals surface area (Å²) in [7, 11) is 0. The predicted molar refractivity (Wildman–Crippen MR) is 87.9 cm³/mol. The first kappa shape index (κ1) is 16.4. The summed E-state index contributed by atoms with van der Waals surface area (Å²) in [6.45, 7) is 8.84. The lowest BCUT2D eigenvalue weighted by Gasteiger charge is -2.27. The maximum atomic E-state index is 12.6. The van der Waals surface area contributed by atoms with E-state index in [9.17, 15) is 4.79 Å². The lowest BCUT2D eigenvalue weighted by atomic mass is 9.95. The number of carbonyl (C=O) groups excluding carboxylic acids is 1. The molecule has 0 saturated carbocycles. The Bertz CT molecular complexity index is 535. The van der Waals surface area contributed by atoms with Gasteiger partial charge in [-0.15, -0.1) is 10.2 Å². The third-order valence-electron chi connectivity index (χ3n) is 4.85. The second kappa shape index (κ2) is 7.40. The second-order valence-corrected chi connectivity index (χ2v) is 6.88. The zero-order chi connectivity index (χ0) is 16.2. The van der Waals surface area contributed by atoms with Crippen molar-refractivity contribution in [2.75, 3.05) is 26.2 Å². The summed E-state index contributed by atoms with van der Waals surface area (Å²) in [6.07, 6.45) is 2.72. The van der Waals surface area contributed by atoms with Gasteiger partial charge in [0.1, 0.15) is 5.82 Å². The van der Waals surface area contributed by atoms with Crippen molar-refractivity contribution in [1.29, 1.82) is 0 Å². The van der Waals surface area contributed by atoms with Crippen LogP contribution in [0.5, 0.6) is 0 Å². The topological polar surface area (TPSA) is 83.9 Å². The monoisotopic (exact) mass is 320 g/mol. The molecule has 0 spiro atoms. The van der Waals surface area contributed by atoms with Crippen LogP contribution < -0.4 is 16.0 Å². The van der Waals surface area contributed by atoms with E-state index in [0.29, 0.717) is 0 Å². The fourth-order valence-corrected chi connectivity index (χ4v) is 3.41. The summed E-state index contributed by atoms with van der Waals surface area (Å²) in [6, 6.07) is -0.0725. The van der Waals surface area contributed by atoms with Crippen LogP contribution >= 0.6 is 0 Å². The largest absolute Gasteiger partial charge is 0.346 e. The third kappa shape index (κ3) is 3.72. The van der Waals surface area contributed by atoms with E-state index in [-0.39, 0.29) is 23.8 Å². The highest BCUT2D eigenvalue weighted by molar-refractivity contribution is 5.79. The number of nitrogens with one attached hydrogen (secondary N) is 3. The molecule has 2 aliphatic rings. The second-order valence-electron chi connectivity index (χ2n) is 6.88. The van der Waals surface area contributed by atoms with Crippen LogP contribution in [0.1, 0.15) is 44.4 Å². The molecule has 0 bridgehead atoms. The highest BCUT2D eigenvalue weighted by Crippen LogP contribution is 2.23. The summed E-state index contributed by atoms with van der Waals surface area (Å²) in [4.78, 5) is 12.6. The maximum Gasteiger partial charge on any atom is 0.223 e. The predicted octanol–water partition coefficient (Wildman–Crippen LogP) is 0.237. The highest BCUT2D eigenvalue weighted by atomic mass is 16.2. The minimum absolute atomic E-state index is 0.0725. The van der Waals surface area contributed by atoms with Crippen molar-refractivity contribution in [3.63, 3.8) is 0 Å². The molecule has 0 aromatic carbocycles. The molecule has 0 unspecified atom stereocenters. The molecule has 2 aliphatic heterocycles. The Morgan fingerprint density at radius 2 is 1.91 bits per heavy atom. The molecule has 7 heteroatoms. The van der Waals surface area contributed by atoms with Gasteiger partial charge in [0.2, 0.25) is 5.91 Å². The van der Waals surface area contributed by atoms with Gasteiger partial charge in [-0.3, -0.25) is 4.79 Å². The Hall–Kier alpha value is -1.47. The van der Waals surface area contributed by atoms with Crippen molar-refractivity contribution in [3.05, 3.63) is 11.6 Å². The Morgan fingerprint density at radius 1 is 1.17 bits per heavy atom. The molecule has 0 aliphatic carbocycles. The molecule has 3 N–H and O–H groups in total. The molecule has 1 aromatic heterocycles. The number of fused-ring (bicyclic) bond motifs is 1. The van der Waals surface area contributed by atoms with Crippen molar-refractivity contribution in [3.8, 4) is 0 Å². The van der Waals surface area contributed by atoms with Crippen LogP contribution in [0.4, 0.5) is 0 Å². The quantitative estimate of drug-likeness (QED) is 0.740. The van der Waals surface area contributed by atoms with E-state index in [2.05, 4.69) is 44.6 Å². The van der Waals surface area contributed by atoms with Gasteiger partial charge in [0.25, 0.3) is 0 Å². The van der Waals surface area contributed by atoms with Gasteiger partial charge in [-0.1, -0.05) is 13.8 Å². The van der Waals surface area contributed by atoms with Crippen LogP contribution in [0.15, 0.2) is 0 Å². The first-order chi connectivity index (χ1) is 11.2. The fourth-order valence-electron chi connectivity index (χ4n) is 3.41. The Labute approximate surface area is 137 Å². The first-order valence-electron chi connectivity index (χ1n) is 8.80. The molecule has 3 rings (SSSR count). The van der Waals surface area contributed by atoms with Crippen molar-refractivity contribution in [2.45, 2.75) is 45.7 Å². The molecule has 1 atom stereocenters. The summed E-state index contributed by atoms with van der Waals surface area (Å²) in [5.41, 5.74) is 0. The number of hydrogen-bond acceptors (Lipinski definition) is 5. The lowest BCUT2D eigenvalue weighted by molar-refractivity contribution is -0.127. The van der Waals surface area contributed by atoms with Gasteiger partial charge in [-0.25, -0.2) is 0 Å². The number of aromatic nitrogens is 3. The fraction of sp³-hybridized carbons (Fsp3) is 0.812. The van der Waals surface area contributed by atoms with Gasteiger partial charge in [0.05, 0.1) is 6.04 Å². The van der Waals surface area contributed by atoms with Crippen LogP contribution in [-0.4, -0.2) is 46.9 Å². The smallest absolute Gasteiger partial charge is 0.223 e. The van der Waals surface area contributed by atoms with E-state index < -0.39 is 0 Å². The number of piperidine rings is 1. The minimum Gasteiger partial charge on any atom is -0.346 e. The van der Waals surface area contributed by atoms with E-state index in [1.54, 1.807) is 0 Å². The zero-order valence-electron chi connectivity index (χ0n) is 14.1. The molecule has 1 aromatic rings. The molecule has 1 amide bonds. The van der Waals surface area contributed by atoms with Crippen LogP contribution in [0.25, 0.3) is 0 Å². The van der Waals surface area contributed by atoms with Crippen molar-refractivity contribution in [2.24, 2.45) is 11.8 Å². The minimum atomic E-state index is -0.0725. The summed E-state index contributed by atoms with van der Waals surface area (Å²) < 4.78 is 2.19. The maximum absolute atomic E-state index is 12.6. The van der Waals surface area contributed by atoms with Crippen LogP contribution in [0, 0.1) is 11.8 Å². The van der Waals surface area contributed by atoms with Crippen molar-refractivity contribution in [1.82, 2.24) is 30.7 Å². The zero-order valence-corrected chi connectivity index (χ0v) is 14.1. The first-order valence-corrected chi connectivity index (χ1v) is 8.80. The lowest BCUT2D eigenvalue weighted by Crippen LogP contribution is -2.41. The number of rotatable bonds is 4. The number of hydrogen-bond donors (Lipinski definition) is 3. The van der Waals surface area contributed by atoms with Crippen molar-refractivity contribution >= 4 is 5.91 Å². The van der Waals surface area contributed by atoms with Gasteiger partial charge in [-0.05, 0) is 31.8 Å². The Kier molecular flexibility index (Phi) is 5.27. The average Bonchev–Trinajstić information content (AvgIpc) is 2.80. The summed E-state index contributed by atoms with van der Waals surface area (Å²) in [5, 5.41) is 18.7. The molecule has 1 saturated heterocycles. The third-order valence-corrected chi connectivity index (χ3v) is 4.85.